The van der Waals surface area contributed by atoms with E-state index in [4.69, 9.17) is 4.74 Å². The van der Waals surface area contributed by atoms with E-state index in [0.29, 0.717) is 6.42 Å². The molecule has 0 fully saturated rings. The van der Waals surface area contributed by atoms with Gasteiger partial charge in [-0.15, -0.1) is 0 Å². The van der Waals surface area contributed by atoms with Crippen LogP contribution in [0.5, 0.6) is 0 Å². The number of hydrogen-bond acceptors (Lipinski definition) is 3. The molecule has 0 bridgehead atoms. The lowest BCUT2D eigenvalue weighted by atomic mass is 10.1. The van der Waals surface area contributed by atoms with Gasteiger partial charge in [0.15, 0.2) is 0 Å². The molecular weight excluding hydrogens is 300 g/mol. The molecule has 0 radical (unpaired) electrons. The first-order chi connectivity index (χ1) is 11.7. The third-order valence-corrected chi connectivity index (χ3v) is 3.91. The third-order valence-electron chi connectivity index (χ3n) is 3.91. The summed E-state index contributed by atoms with van der Waals surface area (Å²) in [4.78, 5) is 23.2. The molecule has 1 rings (SSSR count). The van der Waals surface area contributed by atoms with Gasteiger partial charge in [0.2, 0.25) is 0 Å². The molecule has 0 heterocycles. The summed E-state index contributed by atoms with van der Waals surface area (Å²) in [6.45, 7) is 2.22. The average molecular weight is 330 g/mol. The third kappa shape index (κ3) is 10.8. The van der Waals surface area contributed by atoms with Crippen molar-refractivity contribution in [2.24, 2.45) is 0 Å². The summed E-state index contributed by atoms with van der Waals surface area (Å²) in [5, 5.41) is 0. The molecule has 0 saturated heterocycles. The topological polar surface area (TPSA) is 43.4 Å². The second-order valence-electron chi connectivity index (χ2n) is 6.12. The van der Waals surface area contributed by atoms with Crippen molar-refractivity contribution in [1.29, 1.82) is 0 Å². The SMILES string of the molecule is CCCCCCCCCCCC(=O)OC(=O)C=Cc1ccccc1. The zero-order valence-corrected chi connectivity index (χ0v) is 14.8. The molecule has 0 aliphatic heterocycles. The van der Waals surface area contributed by atoms with Crippen molar-refractivity contribution in [2.45, 2.75) is 71.1 Å². The second-order valence-corrected chi connectivity index (χ2v) is 6.12. The molecule has 0 unspecified atom stereocenters. The minimum atomic E-state index is -0.597. The molecule has 3 heteroatoms. The quantitative estimate of drug-likeness (QED) is 0.214. The highest BCUT2D eigenvalue weighted by Crippen LogP contribution is 2.11. The van der Waals surface area contributed by atoms with Crippen molar-refractivity contribution in [1.82, 2.24) is 0 Å². The number of ether oxygens (including phenoxy) is 1. The monoisotopic (exact) mass is 330 g/mol. The number of unbranched alkanes of at least 4 members (excludes halogenated alkanes) is 8. The van der Waals surface area contributed by atoms with Crippen LogP contribution in [-0.4, -0.2) is 11.9 Å². The van der Waals surface area contributed by atoms with Crippen LogP contribution in [0.2, 0.25) is 0 Å². The first-order valence-corrected chi connectivity index (χ1v) is 9.20. The van der Waals surface area contributed by atoms with Crippen LogP contribution in [0.15, 0.2) is 36.4 Å². The zero-order valence-electron chi connectivity index (χ0n) is 14.8. The van der Waals surface area contributed by atoms with E-state index in [1.165, 1.54) is 44.6 Å². The fourth-order valence-corrected chi connectivity index (χ4v) is 2.51. The average Bonchev–Trinajstić information content (AvgIpc) is 2.59. The Bertz CT molecular complexity index is 491. The van der Waals surface area contributed by atoms with Crippen molar-refractivity contribution >= 4 is 18.0 Å². The Morgan fingerprint density at radius 3 is 2.08 bits per heavy atom. The van der Waals surface area contributed by atoms with Gasteiger partial charge in [-0.3, -0.25) is 4.79 Å². The molecular formula is C21H30O3. The first-order valence-electron chi connectivity index (χ1n) is 9.20. The summed E-state index contributed by atoms with van der Waals surface area (Å²) < 4.78 is 4.78. The maximum atomic E-state index is 11.6. The molecule has 0 aromatic heterocycles. The molecule has 3 nitrogen and oxygen atoms in total. The Morgan fingerprint density at radius 2 is 1.46 bits per heavy atom. The number of carbonyl (C=O) groups is 2. The zero-order chi connectivity index (χ0) is 17.5. The Kier molecular flexibility index (Phi) is 11.4. The highest BCUT2D eigenvalue weighted by atomic mass is 16.6. The van der Waals surface area contributed by atoms with E-state index in [2.05, 4.69) is 6.92 Å². The standard InChI is InChI=1S/C21H30O3/c1-2-3-4-5-6-7-8-9-13-16-20(22)24-21(23)18-17-19-14-11-10-12-15-19/h10-12,14-15,17-18H,2-9,13,16H2,1H3. The van der Waals surface area contributed by atoms with E-state index in [9.17, 15) is 9.59 Å². The van der Waals surface area contributed by atoms with Gasteiger partial charge >= 0.3 is 11.9 Å². The smallest absolute Gasteiger partial charge is 0.338 e. The van der Waals surface area contributed by atoms with Crippen molar-refractivity contribution in [3.8, 4) is 0 Å². The lowest BCUT2D eigenvalue weighted by Gasteiger charge is -2.02. The van der Waals surface area contributed by atoms with Crippen molar-refractivity contribution < 1.29 is 14.3 Å². The van der Waals surface area contributed by atoms with Gasteiger partial charge in [-0.05, 0) is 18.1 Å². The number of hydrogen-bond donors (Lipinski definition) is 0. The largest absolute Gasteiger partial charge is 0.390 e. The van der Waals surface area contributed by atoms with Gasteiger partial charge < -0.3 is 4.74 Å². The van der Waals surface area contributed by atoms with E-state index in [1.807, 2.05) is 30.3 Å². The number of rotatable bonds is 12. The van der Waals surface area contributed by atoms with Crippen LogP contribution < -0.4 is 0 Å². The summed E-state index contributed by atoms with van der Waals surface area (Å²) in [7, 11) is 0. The van der Waals surface area contributed by atoms with Gasteiger partial charge in [-0.25, -0.2) is 4.79 Å². The summed E-state index contributed by atoms with van der Waals surface area (Å²) in [6.07, 6.45) is 14.0. The van der Waals surface area contributed by atoms with Crippen molar-refractivity contribution in [3.63, 3.8) is 0 Å². The second kappa shape index (κ2) is 13.5. The molecule has 0 saturated carbocycles. The Morgan fingerprint density at radius 1 is 0.875 bits per heavy atom. The molecule has 0 atom stereocenters. The fourth-order valence-electron chi connectivity index (χ4n) is 2.51. The van der Waals surface area contributed by atoms with Crippen molar-refractivity contribution in [3.05, 3.63) is 42.0 Å². The van der Waals surface area contributed by atoms with Gasteiger partial charge in [-0.1, -0.05) is 88.6 Å². The summed E-state index contributed by atoms with van der Waals surface area (Å²) in [6, 6.07) is 9.45. The summed E-state index contributed by atoms with van der Waals surface area (Å²) in [5.41, 5.74) is 0.904. The van der Waals surface area contributed by atoms with E-state index < -0.39 is 11.9 Å². The van der Waals surface area contributed by atoms with Crippen LogP contribution in [0, 0.1) is 0 Å². The Balaban J connectivity index is 2.03. The molecule has 0 amide bonds. The van der Waals surface area contributed by atoms with Crippen LogP contribution in [-0.2, 0) is 14.3 Å². The molecule has 1 aromatic carbocycles. The predicted molar refractivity (Wildman–Crippen MR) is 98.4 cm³/mol. The number of esters is 2. The van der Waals surface area contributed by atoms with Crippen LogP contribution in [0.1, 0.15) is 76.7 Å². The number of benzene rings is 1. The van der Waals surface area contributed by atoms with Gasteiger partial charge in [0.1, 0.15) is 0 Å². The molecule has 0 N–H and O–H groups in total. The minimum Gasteiger partial charge on any atom is -0.390 e. The molecule has 0 aliphatic carbocycles. The highest BCUT2D eigenvalue weighted by Gasteiger charge is 2.07. The number of carbonyl (C=O) groups excluding carboxylic acids is 2. The molecule has 0 aliphatic rings. The summed E-state index contributed by atoms with van der Waals surface area (Å²) >= 11 is 0. The molecule has 0 spiro atoms. The lowest BCUT2D eigenvalue weighted by Crippen LogP contribution is -2.09. The molecule has 1 aromatic rings. The normalized spacial score (nSPS) is 10.9. The fraction of sp³-hybridized carbons (Fsp3) is 0.524. The van der Waals surface area contributed by atoms with E-state index >= 15 is 0 Å². The first kappa shape index (κ1) is 20.1. The Hall–Kier alpha value is -1.90. The van der Waals surface area contributed by atoms with Gasteiger partial charge in [-0.2, -0.15) is 0 Å². The van der Waals surface area contributed by atoms with E-state index in [-0.39, 0.29) is 0 Å². The Labute approximate surface area is 146 Å². The minimum absolute atomic E-state index is 0.320. The van der Waals surface area contributed by atoms with Gasteiger partial charge in [0.25, 0.3) is 0 Å². The van der Waals surface area contributed by atoms with E-state index in [1.54, 1.807) is 6.08 Å². The summed E-state index contributed by atoms with van der Waals surface area (Å²) in [5.74, 6) is -1.03. The molecule has 24 heavy (non-hydrogen) atoms. The lowest BCUT2D eigenvalue weighted by molar-refractivity contribution is -0.156. The van der Waals surface area contributed by atoms with Crippen molar-refractivity contribution in [2.75, 3.05) is 0 Å². The van der Waals surface area contributed by atoms with Crippen LogP contribution in [0.3, 0.4) is 0 Å². The van der Waals surface area contributed by atoms with E-state index in [0.717, 1.165) is 24.8 Å². The van der Waals surface area contributed by atoms with Crippen LogP contribution in [0.4, 0.5) is 0 Å². The maximum absolute atomic E-state index is 11.6. The molecule has 132 valence electrons. The highest BCUT2D eigenvalue weighted by molar-refractivity contribution is 5.94. The predicted octanol–water partition coefficient (Wildman–Crippen LogP) is 5.69. The van der Waals surface area contributed by atoms with Crippen LogP contribution in [0.25, 0.3) is 6.08 Å². The van der Waals surface area contributed by atoms with Crippen LogP contribution >= 0.6 is 0 Å². The maximum Gasteiger partial charge on any atom is 0.338 e. The van der Waals surface area contributed by atoms with Gasteiger partial charge in [0.05, 0.1) is 0 Å². The van der Waals surface area contributed by atoms with Gasteiger partial charge in [0, 0.05) is 12.5 Å².